The zero-order valence-corrected chi connectivity index (χ0v) is 11.4. The summed E-state index contributed by atoms with van der Waals surface area (Å²) in [5, 5.41) is 0. The van der Waals surface area contributed by atoms with Gasteiger partial charge >= 0.3 is 0 Å². The van der Waals surface area contributed by atoms with Crippen LogP contribution in [-0.2, 0) is 13.1 Å². The molecule has 0 unspecified atom stereocenters. The van der Waals surface area contributed by atoms with E-state index in [1.165, 1.54) is 24.9 Å². The SMILES string of the molecule is Cc1ncccc1CN1CCC[C@H]1Cn1ccnc1. The molecule has 100 valence electrons. The zero-order valence-electron chi connectivity index (χ0n) is 11.4. The third kappa shape index (κ3) is 2.84. The van der Waals surface area contributed by atoms with Crippen LogP contribution in [-0.4, -0.2) is 32.0 Å². The maximum absolute atomic E-state index is 4.38. The Labute approximate surface area is 114 Å². The van der Waals surface area contributed by atoms with Crippen LogP contribution in [0.15, 0.2) is 37.1 Å². The van der Waals surface area contributed by atoms with E-state index < -0.39 is 0 Å². The first-order valence-corrected chi connectivity index (χ1v) is 6.93. The lowest BCUT2D eigenvalue weighted by molar-refractivity contribution is 0.223. The van der Waals surface area contributed by atoms with Crippen molar-refractivity contribution in [2.24, 2.45) is 0 Å². The van der Waals surface area contributed by atoms with E-state index in [1.807, 2.05) is 31.0 Å². The first-order chi connectivity index (χ1) is 9.33. The highest BCUT2D eigenvalue weighted by atomic mass is 15.2. The number of rotatable bonds is 4. The highest BCUT2D eigenvalue weighted by molar-refractivity contribution is 5.18. The predicted molar refractivity (Wildman–Crippen MR) is 74.6 cm³/mol. The molecule has 4 nitrogen and oxygen atoms in total. The summed E-state index contributed by atoms with van der Waals surface area (Å²) in [6.07, 6.45) is 10.2. The molecule has 1 aliphatic heterocycles. The quantitative estimate of drug-likeness (QED) is 0.841. The van der Waals surface area contributed by atoms with E-state index >= 15 is 0 Å². The largest absolute Gasteiger partial charge is 0.336 e. The fourth-order valence-corrected chi connectivity index (χ4v) is 2.85. The molecule has 3 heterocycles. The lowest BCUT2D eigenvalue weighted by atomic mass is 10.1. The molecule has 4 heteroatoms. The summed E-state index contributed by atoms with van der Waals surface area (Å²) in [6.45, 7) is 5.34. The van der Waals surface area contributed by atoms with E-state index in [9.17, 15) is 0 Å². The van der Waals surface area contributed by atoms with Gasteiger partial charge in [0.25, 0.3) is 0 Å². The molecule has 0 aromatic carbocycles. The highest BCUT2D eigenvalue weighted by Crippen LogP contribution is 2.22. The molecule has 1 fully saturated rings. The Balaban J connectivity index is 1.68. The summed E-state index contributed by atoms with van der Waals surface area (Å²) in [6, 6.07) is 4.84. The number of aryl methyl sites for hydroxylation is 1. The van der Waals surface area contributed by atoms with E-state index in [2.05, 4.69) is 32.4 Å². The number of hydrogen-bond acceptors (Lipinski definition) is 3. The van der Waals surface area contributed by atoms with Crippen LogP contribution in [0.1, 0.15) is 24.1 Å². The summed E-state index contributed by atoms with van der Waals surface area (Å²) < 4.78 is 2.18. The molecule has 1 atom stereocenters. The molecule has 1 saturated heterocycles. The summed E-state index contributed by atoms with van der Waals surface area (Å²) in [7, 11) is 0. The average molecular weight is 256 g/mol. The van der Waals surface area contributed by atoms with E-state index in [4.69, 9.17) is 0 Å². The molecule has 2 aromatic heterocycles. The second kappa shape index (κ2) is 5.53. The van der Waals surface area contributed by atoms with Gasteiger partial charge in [0.1, 0.15) is 0 Å². The third-order valence-electron chi connectivity index (χ3n) is 3.97. The Hall–Kier alpha value is -1.68. The second-order valence-electron chi connectivity index (χ2n) is 5.27. The Morgan fingerprint density at radius 1 is 1.37 bits per heavy atom. The van der Waals surface area contributed by atoms with Gasteiger partial charge in [-0.2, -0.15) is 0 Å². The first kappa shape index (κ1) is 12.4. The number of nitrogens with zero attached hydrogens (tertiary/aromatic N) is 4. The molecule has 19 heavy (non-hydrogen) atoms. The van der Waals surface area contributed by atoms with E-state index in [0.717, 1.165) is 18.8 Å². The van der Waals surface area contributed by atoms with Crippen molar-refractivity contribution in [2.45, 2.75) is 38.9 Å². The minimum atomic E-state index is 0.619. The Bertz CT molecular complexity index is 521. The van der Waals surface area contributed by atoms with Gasteiger partial charge in [-0.3, -0.25) is 9.88 Å². The maximum Gasteiger partial charge on any atom is 0.0946 e. The minimum absolute atomic E-state index is 0.619. The molecule has 0 spiro atoms. The standard InChI is InChI=1S/C15H20N4/c1-13-14(4-2-6-17-13)10-19-8-3-5-15(19)11-18-9-7-16-12-18/h2,4,6-7,9,12,15H,3,5,8,10-11H2,1H3/t15-/m0/s1. The molecule has 2 aromatic rings. The van der Waals surface area contributed by atoms with Crippen LogP contribution in [0.4, 0.5) is 0 Å². The fraction of sp³-hybridized carbons (Fsp3) is 0.467. The number of hydrogen-bond donors (Lipinski definition) is 0. The summed E-state index contributed by atoms with van der Waals surface area (Å²) in [5.41, 5.74) is 2.50. The van der Waals surface area contributed by atoms with Gasteiger partial charge in [0.05, 0.1) is 6.33 Å². The van der Waals surface area contributed by atoms with E-state index in [0.29, 0.717) is 6.04 Å². The van der Waals surface area contributed by atoms with Gasteiger partial charge in [-0.15, -0.1) is 0 Å². The van der Waals surface area contributed by atoms with Gasteiger partial charge in [0, 0.05) is 43.4 Å². The highest BCUT2D eigenvalue weighted by Gasteiger charge is 2.25. The van der Waals surface area contributed by atoms with Crippen molar-refractivity contribution < 1.29 is 0 Å². The fourth-order valence-electron chi connectivity index (χ4n) is 2.85. The second-order valence-corrected chi connectivity index (χ2v) is 5.27. The summed E-state index contributed by atoms with van der Waals surface area (Å²) in [5.74, 6) is 0. The van der Waals surface area contributed by atoms with Gasteiger partial charge in [0.2, 0.25) is 0 Å². The molecule has 0 N–H and O–H groups in total. The van der Waals surface area contributed by atoms with E-state index in [-0.39, 0.29) is 0 Å². The number of pyridine rings is 1. The molecule has 1 aliphatic rings. The number of aromatic nitrogens is 3. The smallest absolute Gasteiger partial charge is 0.0946 e. The molecule has 0 aliphatic carbocycles. The van der Waals surface area contributed by atoms with Crippen LogP contribution in [0.25, 0.3) is 0 Å². The van der Waals surface area contributed by atoms with Crippen LogP contribution >= 0.6 is 0 Å². The van der Waals surface area contributed by atoms with E-state index in [1.54, 1.807) is 0 Å². The van der Waals surface area contributed by atoms with Crippen molar-refractivity contribution in [2.75, 3.05) is 6.54 Å². The molecular formula is C15H20N4. The molecule has 0 saturated carbocycles. The topological polar surface area (TPSA) is 34.0 Å². The lowest BCUT2D eigenvalue weighted by Crippen LogP contribution is -2.32. The van der Waals surface area contributed by atoms with Gasteiger partial charge in [-0.05, 0) is 37.9 Å². The van der Waals surface area contributed by atoms with Crippen LogP contribution in [0, 0.1) is 6.92 Å². The van der Waals surface area contributed by atoms with Crippen LogP contribution in [0.3, 0.4) is 0 Å². The first-order valence-electron chi connectivity index (χ1n) is 6.93. The number of imidazole rings is 1. The van der Waals surface area contributed by atoms with Crippen LogP contribution in [0.5, 0.6) is 0 Å². The molecule has 0 radical (unpaired) electrons. The molecular weight excluding hydrogens is 236 g/mol. The molecule has 0 amide bonds. The monoisotopic (exact) mass is 256 g/mol. The van der Waals surface area contributed by atoms with Crippen molar-refractivity contribution >= 4 is 0 Å². The summed E-state index contributed by atoms with van der Waals surface area (Å²) >= 11 is 0. The van der Waals surface area contributed by atoms with Gasteiger partial charge < -0.3 is 4.57 Å². The maximum atomic E-state index is 4.38. The van der Waals surface area contributed by atoms with Crippen molar-refractivity contribution in [3.8, 4) is 0 Å². The zero-order chi connectivity index (χ0) is 13.1. The van der Waals surface area contributed by atoms with Crippen molar-refractivity contribution in [3.05, 3.63) is 48.3 Å². The van der Waals surface area contributed by atoms with Gasteiger partial charge in [-0.25, -0.2) is 4.98 Å². The van der Waals surface area contributed by atoms with Gasteiger partial charge in [0.15, 0.2) is 0 Å². The Kier molecular flexibility index (Phi) is 3.60. The normalized spacial score (nSPS) is 19.9. The Morgan fingerprint density at radius 2 is 2.32 bits per heavy atom. The average Bonchev–Trinajstić information content (AvgIpc) is 3.06. The summed E-state index contributed by atoms with van der Waals surface area (Å²) in [4.78, 5) is 11.1. The number of likely N-dealkylation sites (tertiary alicyclic amines) is 1. The molecule has 3 rings (SSSR count). The van der Waals surface area contributed by atoms with Crippen LogP contribution in [0.2, 0.25) is 0 Å². The van der Waals surface area contributed by atoms with Crippen LogP contribution < -0.4 is 0 Å². The van der Waals surface area contributed by atoms with Crippen molar-refractivity contribution in [1.82, 2.24) is 19.4 Å². The van der Waals surface area contributed by atoms with Crippen molar-refractivity contribution in [3.63, 3.8) is 0 Å². The van der Waals surface area contributed by atoms with Crippen molar-refractivity contribution in [1.29, 1.82) is 0 Å². The lowest BCUT2D eigenvalue weighted by Gasteiger charge is -2.25. The minimum Gasteiger partial charge on any atom is -0.336 e. The third-order valence-corrected chi connectivity index (χ3v) is 3.97. The van der Waals surface area contributed by atoms with Gasteiger partial charge in [-0.1, -0.05) is 6.07 Å². The predicted octanol–water partition coefficient (Wildman–Crippen LogP) is 2.25. The Morgan fingerprint density at radius 3 is 3.11 bits per heavy atom. The molecule has 0 bridgehead atoms.